The van der Waals surface area contributed by atoms with Crippen molar-refractivity contribution in [3.05, 3.63) is 40.7 Å². The SMILES string of the molecule is Cc1cc(-c2[nH]c3cc(C4CCC5(CC4)CCN(CC(N)=O)CC5)sc3c2C(C)C)cn2ncnc12. The predicted octanol–water partition coefficient (Wildman–Crippen LogP) is 5.60. The van der Waals surface area contributed by atoms with Gasteiger partial charge in [-0.15, -0.1) is 11.3 Å². The van der Waals surface area contributed by atoms with Gasteiger partial charge in [-0.05, 0) is 99.0 Å². The Labute approximate surface area is 216 Å². The largest absolute Gasteiger partial charge is 0.369 e. The summed E-state index contributed by atoms with van der Waals surface area (Å²) in [6.07, 6.45) is 11.3. The van der Waals surface area contributed by atoms with E-state index in [1.165, 1.54) is 70.4 Å². The number of hydrogen-bond acceptors (Lipinski definition) is 5. The number of nitrogens with two attached hydrogens (primary N) is 1. The number of amides is 1. The highest BCUT2D eigenvalue weighted by Gasteiger charge is 2.39. The Bertz CT molecular complexity index is 1410. The minimum Gasteiger partial charge on any atom is -0.369 e. The molecular weight excluding hydrogens is 468 g/mol. The summed E-state index contributed by atoms with van der Waals surface area (Å²) in [4.78, 5) is 23.2. The Morgan fingerprint density at radius 2 is 1.97 bits per heavy atom. The lowest BCUT2D eigenvalue weighted by molar-refractivity contribution is -0.119. The van der Waals surface area contributed by atoms with Crippen molar-refractivity contribution in [2.24, 2.45) is 11.1 Å². The van der Waals surface area contributed by atoms with Crippen LogP contribution in [0.1, 0.15) is 80.2 Å². The molecular formula is C28H36N6OS. The first-order valence-corrected chi connectivity index (χ1v) is 14.1. The molecule has 1 saturated heterocycles. The number of pyridine rings is 1. The fourth-order valence-electron chi connectivity index (χ4n) is 6.65. The second-order valence-corrected chi connectivity index (χ2v) is 12.5. The molecule has 0 atom stereocenters. The van der Waals surface area contributed by atoms with Crippen LogP contribution in [-0.4, -0.2) is 50.0 Å². The van der Waals surface area contributed by atoms with E-state index in [1.807, 2.05) is 15.9 Å². The van der Waals surface area contributed by atoms with Crippen molar-refractivity contribution in [3.8, 4) is 11.3 Å². The second-order valence-electron chi connectivity index (χ2n) is 11.4. The molecule has 1 aliphatic heterocycles. The summed E-state index contributed by atoms with van der Waals surface area (Å²) >= 11 is 2.00. The van der Waals surface area contributed by atoms with Crippen LogP contribution in [0.5, 0.6) is 0 Å². The summed E-state index contributed by atoms with van der Waals surface area (Å²) in [7, 11) is 0. The summed E-state index contributed by atoms with van der Waals surface area (Å²) in [5.41, 5.74) is 13.0. The van der Waals surface area contributed by atoms with Crippen LogP contribution >= 0.6 is 11.3 Å². The van der Waals surface area contributed by atoms with Crippen molar-refractivity contribution in [2.45, 2.75) is 71.1 Å². The maximum atomic E-state index is 11.3. The number of hydrogen-bond donors (Lipinski definition) is 2. The highest BCUT2D eigenvalue weighted by Crippen LogP contribution is 2.51. The molecule has 1 aliphatic carbocycles. The van der Waals surface area contributed by atoms with E-state index >= 15 is 0 Å². The van der Waals surface area contributed by atoms with Gasteiger partial charge in [0, 0.05) is 16.6 Å². The van der Waals surface area contributed by atoms with Crippen molar-refractivity contribution in [3.63, 3.8) is 0 Å². The molecule has 0 radical (unpaired) electrons. The summed E-state index contributed by atoms with van der Waals surface area (Å²) in [5.74, 6) is 0.871. The third kappa shape index (κ3) is 4.14. The number of nitrogens with zero attached hydrogens (tertiary/aromatic N) is 4. The van der Waals surface area contributed by atoms with Crippen molar-refractivity contribution in [1.29, 1.82) is 0 Å². The van der Waals surface area contributed by atoms with E-state index < -0.39 is 0 Å². The van der Waals surface area contributed by atoms with E-state index in [9.17, 15) is 4.79 Å². The Balaban J connectivity index is 1.22. The van der Waals surface area contributed by atoms with Crippen molar-refractivity contribution < 1.29 is 4.79 Å². The van der Waals surface area contributed by atoms with E-state index in [2.05, 4.69) is 59.1 Å². The van der Waals surface area contributed by atoms with Gasteiger partial charge in [-0.1, -0.05) is 13.8 Å². The van der Waals surface area contributed by atoms with Crippen molar-refractivity contribution >= 4 is 33.1 Å². The van der Waals surface area contributed by atoms with Crippen LogP contribution in [-0.2, 0) is 4.79 Å². The Hall–Kier alpha value is -2.71. The zero-order valence-electron chi connectivity index (χ0n) is 21.5. The molecule has 0 aromatic carbocycles. The zero-order valence-corrected chi connectivity index (χ0v) is 22.3. The lowest BCUT2D eigenvalue weighted by Gasteiger charge is -2.45. The topological polar surface area (TPSA) is 92.3 Å². The molecule has 1 spiro atoms. The molecule has 36 heavy (non-hydrogen) atoms. The van der Waals surface area contributed by atoms with E-state index in [0.717, 1.165) is 24.3 Å². The van der Waals surface area contributed by atoms with Crippen LogP contribution in [0.3, 0.4) is 0 Å². The summed E-state index contributed by atoms with van der Waals surface area (Å²) in [6.45, 7) is 9.12. The van der Waals surface area contributed by atoms with Gasteiger partial charge in [-0.25, -0.2) is 9.50 Å². The number of aromatic nitrogens is 4. The summed E-state index contributed by atoms with van der Waals surface area (Å²) in [6, 6.07) is 4.65. The van der Waals surface area contributed by atoms with Crippen LogP contribution in [0.25, 0.3) is 27.1 Å². The number of carbonyl (C=O) groups is 1. The zero-order chi connectivity index (χ0) is 25.0. The average molecular weight is 505 g/mol. The maximum absolute atomic E-state index is 11.3. The highest BCUT2D eigenvalue weighted by atomic mass is 32.1. The molecule has 4 aromatic rings. The highest BCUT2D eigenvalue weighted by molar-refractivity contribution is 7.19. The van der Waals surface area contributed by atoms with Gasteiger partial charge in [-0.3, -0.25) is 9.69 Å². The van der Waals surface area contributed by atoms with E-state index in [4.69, 9.17) is 5.73 Å². The first kappa shape index (κ1) is 23.7. The van der Waals surface area contributed by atoms with Gasteiger partial charge in [0.2, 0.25) is 5.91 Å². The molecule has 6 rings (SSSR count). The lowest BCUT2D eigenvalue weighted by atomic mass is 9.65. The molecule has 1 amide bonds. The first-order chi connectivity index (χ1) is 17.3. The van der Waals surface area contributed by atoms with Crippen LogP contribution < -0.4 is 5.73 Å². The maximum Gasteiger partial charge on any atom is 0.231 e. The van der Waals surface area contributed by atoms with Gasteiger partial charge in [0.25, 0.3) is 0 Å². The van der Waals surface area contributed by atoms with Crippen LogP contribution in [0.15, 0.2) is 24.7 Å². The van der Waals surface area contributed by atoms with Gasteiger partial charge in [0.1, 0.15) is 6.33 Å². The number of piperidine rings is 1. The second kappa shape index (κ2) is 8.99. The molecule has 190 valence electrons. The van der Waals surface area contributed by atoms with E-state index in [0.29, 0.717) is 23.8 Å². The van der Waals surface area contributed by atoms with Gasteiger partial charge >= 0.3 is 0 Å². The molecule has 1 saturated carbocycles. The van der Waals surface area contributed by atoms with Crippen LogP contribution in [0.2, 0.25) is 0 Å². The summed E-state index contributed by atoms with van der Waals surface area (Å²) in [5, 5.41) is 4.38. The number of nitrogens with one attached hydrogen (secondary N) is 1. The van der Waals surface area contributed by atoms with Crippen molar-refractivity contribution in [2.75, 3.05) is 19.6 Å². The number of thiophene rings is 1. The Morgan fingerprint density at radius 3 is 2.67 bits per heavy atom. The number of rotatable bonds is 5. The number of aryl methyl sites for hydroxylation is 1. The van der Waals surface area contributed by atoms with Crippen LogP contribution in [0, 0.1) is 12.3 Å². The smallest absolute Gasteiger partial charge is 0.231 e. The number of aromatic amines is 1. The minimum absolute atomic E-state index is 0.207. The van der Waals surface area contributed by atoms with Gasteiger partial charge in [0.15, 0.2) is 5.65 Å². The lowest BCUT2D eigenvalue weighted by Crippen LogP contribution is -2.44. The molecule has 3 N–H and O–H groups in total. The molecule has 2 aliphatic rings. The predicted molar refractivity (Wildman–Crippen MR) is 145 cm³/mol. The quantitative estimate of drug-likeness (QED) is 0.370. The molecule has 5 heterocycles. The van der Waals surface area contributed by atoms with E-state index in [1.54, 1.807) is 6.33 Å². The first-order valence-electron chi connectivity index (χ1n) is 13.3. The number of primary amides is 1. The van der Waals surface area contributed by atoms with Crippen molar-refractivity contribution in [1.82, 2.24) is 24.5 Å². The Morgan fingerprint density at radius 1 is 1.22 bits per heavy atom. The number of H-pyrrole nitrogens is 1. The monoisotopic (exact) mass is 504 g/mol. The minimum atomic E-state index is -0.207. The molecule has 7 nitrogen and oxygen atoms in total. The molecule has 2 fully saturated rings. The molecule has 0 bridgehead atoms. The summed E-state index contributed by atoms with van der Waals surface area (Å²) < 4.78 is 3.29. The van der Waals surface area contributed by atoms with E-state index in [-0.39, 0.29) is 5.91 Å². The standard InChI is InChI=1S/C28H36N6OS/c1-17(2)24-25(20-12-18(3)27-30-16-31-34(27)14-20)32-21-13-22(36-26(21)24)19-4-6-28(7-5-19)8-10-33(11-9-28)15-23(29)35/h12-14,16-17,19,32H,4-11,15H2,1-3H3,(H2,29,35). The number of fused-ring (bicyclic) bond motifs is 2. The normalized spacial score (nSPS) is 19.2. The fraction of sp³-hybridized carbons (Fsp3) is 0.536. The average Bonchev–Trinajstić information content (AvgIpc) is 3.55. The van der Waals surface area contributed by atoms with Gasteiger partial charge < -0.3 is 10.7 Å². The third-order valence-electron chi connectivity index (χ3n) is 8.69. The molecule has 8 heteroatoms. The third-order valence-corrected chi connectivity index (χ3v) is 10.0. The van der Waals surface area contributed by atoms with Gasteiger partial charge in [-0.2, -0.15) is 5.10 Å². The molecule has 4 aromatic heterocycles. The number of likely N-dealkylation sites (tertiary alicyclic amines) is 1. The fourth-order valence-corrected chi connectivity index (χ4v) is 8.13. The molecule has 0 unspecified atom stereocenters. The van der Waals surface area contributed by atoms with Crippen LogP contribution in [0.4, 0.5) is 0 Å². The van der Waals surface area contributed by atoms with Gasteiger partial charge in [0.05, 0.1) is 22.5 Å². The number of carbonyl (C=O) groups excluding carboxylic acids is 1. The Kier molecular flexibility index (Phi) is 5.91.